The van der Waals surface area contributed by atoms with E-state index in [2.05, 4.69) is 15.9 Å². The summed E-state index contributed by atoms with van der Waals surface area (Å²) in [5, 5.41) is 10.8. The minimum Gasteiger partial charge on any atom is -0.395 e. The Kier molecular flexibility index (Phi) is 4.92. The first-order valence-electron chi connectivity index (χ1n) is 4.63. The Hall–Kier alpha value is -0.230. The molecule has 0 aromatic carbocycles. The smallest absolute Gasteiger partial charge is 0.187 e. The lowest BCUT2D eigenvalue weighted by Crippen LogP contribution is -2.36. The zero-order valence-electron chi connectivity index (χ0n) is 8.74. The van der Waals surface area contributed by atoms with Crippen LogP contribution in [0.2, 0.25) is 0 Å². The van der Waals surface area contributed by atoms with Gasteiger partial charge in [-0.05, 0) is 41.3 Å². The second kappa shape index (κ2) is 5.75. The van der Waals surface area contributed by atoms with Crippen molar-refractivity contribution in [2.75, 3.05) is 20.2 Å². The molecule has 5 heteroatoms. The summed E-state index contributed by atoms with van der Waals surface area (Å²) in [7, 11) is 1.83. The number of hydrogen-bond donors (Lipinski definition) is 1. The van der Waals surface area contributed by atoms with Crippen LogP contribution in [0.1, 0.15) is 16.6 Å². The molecule has 1 atom stereocenters. The molecule has 0 radical (unpaired) electrons. The van der Waals surface area contributed by atoms with Crippen molar-refractivity contribution in [3.8, 4) is 0 Å². The number of carbonyl (C=O) groups excluding carboxylic acids is 1. The Morgan fingerprint density at radius 3 is 2.87 bits per heavy atom. The molecule has 0 amide bonds. The summed E-state index contributed by atoms with van der Waals surface area (Å²) < 4.78 is 0.850. The number of Topliss-reactive ketones (excluding diaryl/α,β-unsaturated/α-hetero) is 1. The minimum atomic E-state index is 0.00712. The number of aliphatic hydroxyl groups is 1. The molecular weight excluding hydrogens is 278 g/mol. The van der Waals surface area contributed by atoms with Crippen molar-refractivity contribution in [2.45, 2.75) is 13.0 Å². The van der Waals surface area contributed by atoms with E-state index in [0.717, 1.165) is 9.35 Å². The molecule has 0 spiro atoms. The topological polar surface area (TPSA) is 40.5 Å². The van der Waals surface area contributed by atoms with Gasteiger partial charge in [0.15, 0.2) is 5.78 Å². The summed E-state index contributed by atoms with van der Waals surface area (Å²) in [4.78, 5) is 14.4. The van der Waals surface area contributed by atoms with Crippen molar-refractivity contribution < 1.29 is 9.90 Å². The van der Waals surface area contributed by atoms with Crippen LogP contribution in [-0.4, -0.2) is 42.0 Å². The largest absolute Gasteiger partial charge is 0.395 e. The summed E-state index contributed by atoms with van der Waals surface area (Å²) in [6, 6.07) is 1.88. The molecule has 1 unspecified atom stereocenters. The molecule has 1 heterocycles. The third-order valence-corrected chi connectivity index (χ3v) is 4.16. The summed E-state index contributed by atoms with van der Waals surface area (Å²) in [5.41, 5.74) is 0. The van der Waals surface area contributed by atoms with Gasteiger partial charge in [-0.1, -0.05) is 0 Å². The van der Waals surface area contributed by atoms with Gasteiger partial charge >= 0.3 is 0 Å². The van der Waals surface area contributed by atoms with E-state index in [1.165, 1.54) is 11.3 Å². The van der Waals surface area contributed by atoms with Gasteiger partial charge in [-0.2, -0.15) is 0 Å². The molecular formula is C10H14BrNO2S. The van der Waals surface area contributed by atoms with Gasteiger partial charge in [0.2, 0.25) is 0 Å². The van der Waals surface area contributed by atoms with Crippen LogP contribution in [0.25, 0.3) is 0 Å². The molecule has 0 aliphatic rings. The Morgan fingerprint density at radius 1 is 1.73 bits per heavy atom. The minimum absolute atomic E-state index is 0.00712. The van der Waals surface area contributed by atoms with Gasteiger partial charge in [0.1, 0.15) is 0 Å². The van der Waals surface area contributed by atoms with E-state index in [4.69, 9.17) is 5.11 Å². The van der Waals surface area contributed by atoms with E-state index in [1.807, 2.05) is 30.3 Å². The normalized spacial score (nSPS) is 13.1. The van der Waals surface area contributed by atoms with Gasteiger partial charge in [0.25, 0.3) is 0 Å². The predicted octanol–water partition coefficient (Wildman–Crippen LogP) is 2.01. The van der Waals surface area contributed by atoms with E-state index >= 15 is 0 Å². The first-order chi connectivity index (χ1) is 7.06. The van der Waals surface area contributed by atoms with Gasteiger partial charge in [0, 0.05) is 10.5 Å². The van der Waals surface area contributed by atoms with Crippen molar-refractivity contribution in [2.24, 2.45) is 0 Å². The van der Waals surface area contributed by atoms with Crippen molar-refractivity contribution in [3.63, 3.8) is 0 Å². The molecule has 1 aromatic rings. The van der Waals surface area contributed by atoms with E-state index in [1.54, 1.807) is 0 Å². The van der Waals surface area contributed by atoms with Crippen LogP contribution in [0.15, 0.2) is 15.9 Å². The zero-order chi connectivity index (χ0) is 11.4. The fourth-order valence-electron chi connectivity index (χ4n) is 1.09. The molecule has 0 aliphatic heterocycles. The number of hydrogen-bond acceptors (Lipinski definition) is 4. The summed E-state index contributed by atoms with van der Waals surface area (Å²) >= 11 is 4.77. The second-order valence-electron chi connectivity index (χ2n) is 3.47. The first-order valence-corrected chi connectivity index (χ1v) is 6.30. The van der Waals surface area contributed by atoms with Crippen LogP contribution in [0.3, 0.4) is 0 Å². The standard InChI is InChI=1S/C10H14BrNO2S/c1-7(6-13)12(2)5-9(14)10-8(11)3-4-15-10/h3-4,7,13H,5-6H2,1-2H3. The number of aliphatic hydroxyl groups excluding tert-OH is 1. The molecule has 1 N–H and O–H groups in total. The number of carbonyl (C=O) groups is 1. The monoisotopic (exact) mass is 291 g/mol. The molecule has 1 aromatic heterocycles. The number of likely N-dealkylation sites (N-methyl/N-ethyl adjacent to an activating group) is 1. The van der Waals surface area contributed by atoms with Crippen molar-refractivity contribution in [1.29, 1.82) is 0 Å². The van der Waals surface area contributed by atoms with Gasteiger partial charge < -0.3 is 5.11 Å². The Balaban J connectivity index is 2.60. The van der Waals surface area contributed by atoms with Crippen LogP contribution in [0.4, 0.5) is 0 Å². The molecule has 0 bridgehead atoms. The van der Waals surface area contributed by atoms with Gasteiger partial charge in [0.05, 0.1) is 18.0 Å². The third kappa shape index (κ3) is 3.38. The van der Waals surface area contributed by atoms with E-state index in [9.17, 15) is 4.79 Å². The summed E-state index contributed by atoms with van der Waals surface area (Å²) in [6.45, 7) is 2.28. The van der Waals surface area contributed by atoms with Crippen LogP contribution >= 0.6 is 27.3 Å². The molecule has 0 fully saturated rings. The van der Waals surface area contributed by atoms with Crippen molar-refractivity contribution >= 4 is 33.0 Å². The lowest BCUT2D eigenvalue weighted by atomic mass is 10.2. The van der Waals surface area contributed by atoms with Crippen LogP contribution < -0.4 is 0 Å². The Morgan fingerprint density at radius 2 is 2.40 bits per heavy atom. The van der Waals surface area contributed by atoms with Gasteiger partial charge in [-0.25, -0.2) is 0 Å². The number of halogens is 1. The number of ketones is 1. The first kappa shape index (κ1) is 12.8. The quantitative estimate of drug-likeness (QED) is 0.844. The fraction of sp³-hybridized carbons (Fsp3) is 0.500. The molecule has 0 aliphatic carbocycles. The van der Waals surface area contributed by atoms with E-state index < -0.39 is 0 Å². The van der Waals surface area contributed by atoms with Crippen molar-refractivity contribution in [3.05, 3.63) is 20.8 Å². The fourth-order valence-corrected chi connectivity index (χ4v) is 2.61. The Labute approximate surface area is 102 Å². The highest BCUT2D eigenvalue weighted by molar-refractivity contribution is 9.10. The maximum Gasteiger partial charge on any atom is 0.187 e. The van der Waals surface area contributed by atoms with E-state index in [-0.39, 0.29) is 18.4 Å². The maximum absolute atomic E-state index is 11.8. The average Bonchev–Trinajstić information content (AvgIpc) is 2.63. The highest BCUT2D eigenvalue weighted by atomic mass is 79.9. The molecule has 0 saturated carbocycles. The number of thiophene rings is 1. The zero-order valence-corrected chi connectivity index (χ0v) is 11.1. The molecule has 1 rings (SSSR count). The number of nitrogens with zero attached hydrogens (tertiary/aromatic N) is 1. The third-order valence-electron chi connectivity index (χ3n) is 2.28. The van der Waals surface area contributed by atoms with Crippen LogP contribution in [0, 0.1) is 0 Å². The Bertz CT molecular complexity index is 340. The van der Waals surface area contributed by atoms with Crippen LogP contribution in [-0.2, 0) is 0 Å². The molecule has 3 nitrogen and oxygen atoms in total. The summed E-state index contributed by atoms with van der Waals surface area (Å²) in [5.74, 6) is 0.0830. The van der Waals surface area contributed by atoms with Crippen molar-refractivity contribution in [1.82, 2.24) is 4.90 Å². The molecule has 0 saturated heterocycles. The van der Waals surface area contributed by atoms with Crippen LogP contribution in [0.5, 0.6) is 0 Å². The molecule has 15 heavy (non-hydrogen) atoms. The number of rotatable bonds is 5. The highest BCUT2D eigenvalue weighted by Gasteiger charge is 2.16. The highest BCUT2D eigenvalue weighted by Crippen LogP contribution is 2.23. The predicted molar refractivity (Wildman–Crippen MR) is 65.5 cm³/mol. The summed E-state index contributed by atoms with van der Waals surface area (Å²) in [6.07, 6.45) is 0. The van der Waals surface area contributed by atoms with Gasteiger partial charge in [-0.15, -0.1) is 11.3 Å². The second-order valence-corrected chi connectivity index (χ2v) is 5.24. The lowest BCUT2D eigenvalue weighted by molar-refractivity contribution is 0.0893. The maximum atomic E-state index is 11.8. The average molecular weight is 292 g/mol. The van der Waals surface area contributed by atoms with E-state index in [0.29, 0.717) is 6.54 Å². The molecule has 84 valence electrons. The lowest BCUT2D eigenvalue weighted by Gasteiger charge is -2.21. The SMILES string of the molecule is CC(CO)N(C)CC(=O)c1sccc1Br. The van der Waals surface area contributed by atoms with Gasteiger partial charge in [-0.3, -0.25) is 9.69 Å².